The lowest BCUT2D eigenvalue weighted by atomic mass is 9.78. The SMILES string of the molecule is CCSCCOC(=O)CCc1cc(C(C)(C)C)c(O)c(C(C)(C)C)c1. The molecule has 0 radical (unpaired) electrons. The molecule has 0 aliphatic heterocycles. The minimum absolute atomic E-state index is 0.153. The van der Waals surface area contributed by atoms with Gasteiger partial charge in [-0.3, -0.25) is 4.79 Å². The van der Waals surface area contributed by atoms with Gasteiger partial charge in [0.2, 0.25) is 0 Å². The van der Waals surface area contributed by atoms with Crippen LogP contribution >= 0.6 is 11.8 Å². The Labute approximate surface area is 157 Å². The first-order chi connectivity index (χ1) is 11.5. The van der Waals surface area contributed by atoms with Crippen molar-refractivity contribution in [1.29, 1.82) is 0 Å². The number of benzene rings is 1. The second kappa shape index (κ2) is 8.98. The molecule has 3 nitrogen and oxygen atoms in total. The largest absolute Gasteiger partial charge is 0.507 e. The van der Waals surface area contributed by atoms with Crippen molar-refractivity contribution in [2.75, 3.05) is 18.1 Å². The fourth-order valence-corrected chi connectivity index (χ4v) is 3.15. The van der Waals surface area contributed by atoms with Crippen molar-refractivity contribution in [2.45, 2.75) is 72.1 Å². The summed E-state index contributed by atoms with van der Waals surface area (Å²) in [6.45, 7) is 15.1. The summed E-state index contributed by atoms with van der Waals surface area (Å²) < 4.78 is 5.28. The highest BCUT2D eigenvalue weighted by Crippen LogP contribution is 2.39. The third-order valence-corrected chi connectivity index (χ3v) is 4.96. The topological polar surface area (TPSA) is 46.5 Å². The number of ether oxygens (including phenoxy) is 1. The van der Waals surface area contributed by atoms with E-state index in [0.717, 1.165) is 28.2 Å². The normalized spacial score (nSPS) is 12.3. The number of esters is 1. The van der Waals surface area contributed by atoms with Gasteiger partial charge in [0.05, 0.1) is 0 Å². The number of carbonyl (C=O) groups is 1. The van der Waals surface area contributed by atoms with Crippen LogP contribution < -0.4 is 0 Å². The van der Waals surface area contributed by atoms with Crippen molar-refractivity contribution in [3.05, 3.63) is 28.8 Å². The summed E-state index contributed by atoms with van der Waals surface area (Å²) in [5.74, 6) is 2.11. The van der Waals surface area contributed by atoms with Gasteiger partial charge in [-0.15, -0.1) is 0 Å². The number of aryl methyl sites for hydroxylation is 1. The zero-order valence-electron chi connectivity index (χ0n) is 16.9. The van der Waals surface area contributed by atoms with Crippen LogP contribution in [0.5, 0.6) is 5.75 Å². The Hall–Kier alpha value is -1.16. The molecule has 1 N–H and O–H groups in total. The van der Waals surface area contributed by atoms with Gasteiger partial charge in [0, 0.05) is 12.2 Å². The first-order valence-corrected chi connectivity index (χ1v) is 10.2. The molecule has 0 aromatic heterocycles. The average molecular weight is 367 g/mol. The zero-order valence-corrected chi connectivity index (χ0v) is 17.7. The Kier molecular flexibility index (Phi) is 7.86. The first-order valence-electron chi connectivity index (χ1n) is 9.07. The standard InChI is InChI=1S/C21H34O3S/c1-8-25-12-11-24-18(22)10-9-15-13-16(20(2,3)4)19(23)17(14-15)21(5,6)7/h13-14,23H,8-12H2,1-7H3. The molecule has 0 aliphatic carbocycles. The highest BCUT2D eigenvalue weighted by molar-refractivity contribution is 7.99. The van der Waals surface area contributed by atoms with Crippen LogP contribution in [0, 0.1) is 0 Å². The van der Waals surface area contributed by atoms with Crippen LogP contribution in [-0.2, 0) is 26.8 Å². The molecule has 1 aromatic carbocycles. The number of rotatable bonds is 7. The number of hydrogen-bond donors (Lipinski definition) is 1. The molecule has 0 saturated heterocycles. The van der Waals surface area contributed by atoms with E-state index in [1.807, 2.05) is 12.1 Å². The van der Waals surface area contributed by atoms with Gasteiger partial charge in [0.15, 0.2) is 0 Å². The minimum atomic E-state index is -0.155. The Morgan fingerprint density at radius 3 is 2.04 bits per heavy atom. The molecule has 25 heavy (non-hydrogen) atoms. The van der Waals surface area contributed by atoms with Crippen molar-refractivity contribution in [3.8, 4) is 5.75 Å². The van der Waals surface area contributed by atoms with E-state index in [-0.39, 0.29) is 16.8 Å². The fraction of sp³-hybridized carbons (Fsp3) is 0.667. The lowest BCUT2D eigenvalue weighted by Gasteiger charge is -2.28. The lowest BCUT2D eigenvalue weighted by Crippen LogP contribution is -2.18. The van der Waals surface area contributed by atoms with Crippen LogP contribution in [-0.4, -0.2) is 29.2 Å². The predicted octanol–water partition coefficient (Wildman–Crippen LogP) is 5.22. The van der Waals surface area contributed by atoms with Crippen molar-refractivity contribution in [3.63, 3.8) is 0 Å². The third kappa shape index (κ3) is 6.93. The Morgan fingerprint density at radius 2 is 1.60 bits per heavy atom. The minimum Gasteiger partial charge on any atom is -0.507 e. The molecule has 0 fully saturated rings. The van der Waals surface area contributed by atoms with Crippen LogP contribution in [0.3, 0.4) is 0 Å². The maximum absolute atomic E-state index is 11.9. The van der Waals surface area contributed by atoms with E-state index >= 15 is 0 Å². The number of thioether (sulfide) groups is 1. The summed E-state index contributed by atoms with van der Waals surface area (Å²) in [5, 5.41) is 10.7. The third-order valence-electron chi connectivity index (χ3n) is 4.10. The monoisotopic (exact) mass is 366 g/mol. The number of hydrogen-bond acceptors (Lipinski definition) is 4. The lowest BCUT2D eigenvalue weighted by molar-refractivity contribution is -0.142. The van der Waals surface area contributed by atoms with Gasteiger partial charge in [-0.2, -0.15) is 11.8 Å². The van der Waals surface area contributed by atoms with Gasteiger partial charge in [0.25, 0.3) is 0 Å². The van der Waals surface area contributed by atoms with Gasteiger partial charge in [-0.1, -0.05) is 60.6 Å². The van der Waals surface area contributed by atoms with E-state index in [1.165, 1.54) is 0 Å². The molecule has 1 aromatic rings. The number of aromatic hydroxyl groups is 1. The van der Waals surface area contributed by atoms with E-state index in [1.54, 1.807) is 11.8 Å². The van der Waals surface area contributed by atoms with Crippen molar-refractivity contribution in [1.82, 2.24) is 0 Å². The molecule has 1 rings (SSSR count). The Bertz CT molecular complexity index is 545. The summed E-state index contributed by atoms with van der Waals surface area (Å²) in [6.07, 6.45) is 1.00. The number of carbonyl (C=O) groups excluding carboxylic acids is 1. The van der Waals surface area contributed by atoms with E-state index in [4.69, 9.17) is 4.74 Å². The van der Waals surface area contributed by atoms with Crippen molar-refractivity contribution < 1.29 is 14.6 Å². The van der Waals surface area contributed by atoms with Gasteiger partial charge in [0.1, 0.15) is 12.4 Å². The van der Waals surface area contributed by atoms with E-state index in [2.05, 4.69) is 48.5 Å². The molecule has 4 heteroatoms. The number of phenolic OH excluding ortho intramolecular Hbond substituents is 1. The Morgan fingerprint density at radius 1 is 1.08 bits per heavy atom. The summed E-state index contributed by atoms with van der Waals surface area (Å²) in [4.78, 5) is 11.9. The molecule has 0 aliphatic rings. The molecule has 0 bridgehead atoms. The van der Waals surface area contributed by atoms with E-state index in [9.17, 15) is 9.90 Å². The fourth-order valence-electron chi connectivity index (χ4n) is 2.66. The molecule has 142 valence electrons. The van der Waals surface area contributed by atoms with Crippen molar-refractivity contribution >= 4 is 17.7 Å². The zero-order chi connectivity index (χ0) is 19.3. The van der Waals surface area contributed by atoms with E-state index < -0.39 is 0 Å². The van der Waals surface area contributed by atoms with Crippen LogP contribution in [0.15, 0.2) is 12.1 Å². The molecule has 0 unspecified atom stereocenters. The molecule has 0 spiro atoms. The maximum Gasteiger partial charge on any atom is 0.306 e. The van der Waals surface area contributed by atoms with Crippen LogP contribution in [0.4, 0.5) is 0 Å². The summed E-state index contributed by atoms with van der Waals surface area (Å²) >= 11 is 1.77. The Balaban J connectivity index is 2.91. The maximum atomic E-state index is 11.9. The highest BCUT2D eigenvalue weighted by atomic mass is 32.2. The van der Waals surface area contributed by atoms with Crippen LogP contribution in [0.1, 0.15) is 71.6 Å². The molecule has 0 atom stereocenters. The quantitative estimate of drug-likeness (QED) is 0.531. The summed E-state index contributed by atoms with van der Waals surface area (Å²) in [7, 11) is 0. The first kappa shape index (κ1) is 21.9. The summed E-state index contributed by atoms with van der Waals surface area (Å²) in [6, 6.07) is 4.07. The second-order valence-corrected chi connectivity index (χ2v) is 9.85. The van der Waals surface area contributed by atoms with Crippen LogP contribution in [0.25, 0.3) is 0 Å². The van der Waals surface area contributed by atoms with Gasteiger partial charge >= 0.3 is 5.97 Å². The molecule has 0 amide bonds. The molecule has 0 heterocycles. The summed E-state index contributed by atoms with van der Waals surface area (Å²) in [5.41, 5.74) is 2.63. The average Bonchev–Trinajstić information content (AvgIpc) is 2.48. The van der Waals surface area contributed by atoms with E-state index in [0.29, 0.717) is 25.2 Å². The van der Waals surface area contributed by atoms with Gasteiger partial charge in [-0.25, -0.2) is 0 Å². The predicted molar refractivity (Wildman–Crippen MR) is 108 cm³/mol. The van der Waals surface area contributed by atoms with Crippen molar-refractivity contribution in [2.24, 2.45) is 0 Å². The van der Waals surface area contributed by atoms with Crippen LogP contribution in [0.2, 0.25) is 0 Å². The smallest absolute Gasteiger partial charge is 0.306 e. The molecular weight excluding hydrogens is 332 g/mol. The second-order valence-electron chi connectivity index (χ2n) is 8.46. The number of phenols is 1. The van der Waals surface area contributed by atoms with Gasteiger partial charge in [-0.05, 0) is 39.7 Å². The molecular formula is C21H34O3S. The van der Waals surface area contributed by atoms with Gasteiger partial charge < -0.3 is 9.84 Å². The highest BCUT2D eigenvalue weighted by Gasteiger charge is 2.26. The molecule has 0 saturated carbocycles.